The number of hydrogen-bond donors (Lipinski definition) is 1. The predicted molar refractivity (Wildman–Crippen MR) is 64.2 cm³/mol. The van der Waals surface area contributed by atoms with Crippen molar-refractivity contribution in [1.82, 2.24) is 15.2 Å². The summed E-state index contributed by atoms with van der Waals surface area (Å²) in [6.07, 6.45) is 1.52. The van der Waals surface area contributed by atoms with Gasteiger partial charge >= 0.3 is 0 Å². The van der Waals surface area contributed by atoms with Crippen LogP contribution in [0.1, 0.15) is 0 Å². The van der Waals surface area contributed by atoms with Crippen LogP contribution in [0.15, 0.2) is 24.5 Å². The van der Waals surface area contributed by atoms with Gasteiger partial charge in [0.1, 0.15) is 18.7 Å². The van der Waals surface area contributed by atoms with Crippen LogP contribution >= 0.6 is 11.6 Å². The Morgan fingerprint density at radius 1 is 1.29 bits per heavy atom. The number of nitrogens with zero attached hydrogens (tertiary/aromatic N) is 2. The Morgan fingerprint density at radius 3 is 2.88 bits per heavy atom. The van der Waals surface area contributed by atoms with Crippen LogP contribution in [-0.4, -0.2) is 35.5 Å². The van der Waals surface area contributed by atoms with Crippen LogP contribution in [0.25, 0.3) is 11.4 Å². The van der Waals surface area contributed by atoms with Gasteiger partial charge < -0.3 is 9.47 Å². The second kappa shape index (κ2) is 5.65. The maximum atomic E-state index is 6.00. The van der Waals surface area contributed by atoms with Gasteiger partial charge in [-0.15, -0.1) is 0 Å². The summed E-state index contributed by atoms with van der Waals surface area (Å²) in [5.74, 6) is 1.26. The van der Waals surface area contributed by atoms with Gasteiger partial charge in [-0.3, -0.25) is 5.10 Å². The Morgan fingerprint density at radius 2 is 2.18 bits per heavy atom. The van der Waals surface area contributed by atoms with Crippen LogP contribution in [0.5, 0.6) is 5.75 Å². The van der Waals surface area contributed by atoms with Gasteiger partial charge in [0.25, 0.3) is 0 Å². The summed E-state index contributed by atoms with van der Waals surface area (Å²) in [5.41, 5.74) is 0.811. The van der Waals surface area contributed by atoms with Gasteiger partial charge in [-0.1, -0.05) is 11.6 Å². The number of H-pyrrole nitrogens is 1. The maximum absolute atomic E-state index is 6.00. The highest BCUT2D eigenvalue weighted by Gasteiger charge is 2.06. The van der Waals surface area contributed by atoms with Crippen LogP contribution in [0, 0.1) is 0 Å². The van der Waals surface area contributed by atoms with Gasteiger partial charge in [-0.05, 0) is 18.2 Å². The zero-order chi connectivity index (χ0) is 12.1. The molecule has 1 aromatic heterocycles. The van der Waals surface area contributed by atoms with E-state index in [2.05, 4.69) is 15.2 Å². The minimum absolute atomic E-state index is 0.476. The van der Waals surface area contributed by atoms with E-state index in [1.54, 1.807) is 19.2 Å². The minimum Gasteiger partial charge on any atom is -0.491 e. The Labute approximate surface area is 104 Å². The number of aromatic nitrogens is 3. The number of nitrogens with one attached hydrogen (secondary N) is 1. The summed E-state index contributed by atoms with van der Waals surface area (Å²) in [4.78, 5) is 4.06. The quantitative estimate of drug-likeness (QED) is 0.830. The molecule has 0 fully saturated rings. The lowest BCUT2D eigenvalue weighted by atomic mass is 10.2. The number of methoxy groups -OCH3 is 1. The van der Waals surface area contributed by atoms with Crippen molar-refractivity contribution in [2.24, 2.45) is 0 Å². The molecule has 2 rings (SSSR count). The number of hydrogen-bond acceptors (Lipinski definition) is 4. The largest absolute Gasteiger partial charge is 0.491 e. The normalized spacial score (nSPS) is 10.5. The van der Waals surface area contributed by atoms with Crippen molar-refractivity contribution >= 4 is 11.6 Å². The van der Waals surface area contributed by atoms with E-state index in [1.165, 1.54) is 6.33 Å². The lowest BCUT2D eigenvalue weighted by Crippen LogP contribution is -2.04. The van der Waals surface area contributed by atoms with Crippen LogP contribution in [0.3, 0.4) is 0 Å². The number of ether oxygens (including phenoxy) is 2. The van der Waals surface area contributed by atoms with E-state index >= 15 is 0 Å². The molecule has 0 aliphatic rings. The summed E-state index contributed by atoms with van der Waals surface area (Å²) in [6.45, 7) is 1.01. The molecule has 0 aliphatic carbocycles. The van der Waals surface area contributed by atoms with Gasteiger partial charge in [0.2, 0.25) is 0 Å². The third-order valence-electron chi connectivity index (χ3n) is 2.10. The zero-order valence-corrected chi connectivity index (χ0v) is 10.1. The van der Waals surface area contributed by atoms with E-state index in [-0.39, 0.29) is 0 Å². The number of aromatic amines is 1. The van der Waals surface area contributed by atoms with E-state index in [0.717, 1.165) is 5.56 Å². The predicted octanol–water partition coefficient (Wildman–Crippen LogP) is 2.15. The first-order valence-corrected chi connectivity index (χ1v) is 5.46. The molecule has 0 spiro atoms. The lowest BCUT2D eigenvalue weighted by Gasteiger charge is -2.07. The second-order valence-corrected chi connectivity index (χ2v) is 3.78. The summed E-state index contributed by atoms with van der Waals surface area (Å²) in [7, 11) is 1.63. The first kappa shape index (κ1) is 11.9. The molecule has 0 aliphatic heterocycles. The highest BCUT2D eigenvalue weighted by Crippen LogP contribution is 2.26. The van der Waals surface area contributed by atoms with Gasteiger partial charge in [-0.2, -0.15) is 5.10 Å². The first-order chi connectivity index (χ1) is 8.29. The van der Waals surface area contributed by atoms with Crippen molar-refractivity contribution in [3.8, 4) is 17.1 Å². The van der Waals surface area contributed by atoms with Crippen LogP contribution in [0.2, 0.25) is 5.02 Å². The number of halogens is 1. The fourth-order valence-corrected chi connectivity index (χ4v) is 1.59. The van der Waals surface area contributed by atoms with Crippen molar-refractivity contribution in [2.75, 3.05) is 20.3 Å². The average Bonchev–Trinajstić information content (AvgIpc) is 2.82. The van der Waals surface area contributed by atoms with Crippen LogP contribution < -0.4 is 4.74 Å². The lowest BCUT2D eigenvalue weighted by molar-refractivity contribution is 0.146. The summed E-state index contributed by atoms with van der Waals surface area (Å²) < 4.78 is 10.4. The van der Waals surface area contributed by atoms with E-state index < -0.39 is 0 Å². The third-order valence-corrected chi connectivity index (χ3v) is 2.32. The minimum atomic E-state index is 0.476. The van der Waals surface area contributed by atoms with E-state index in [1.807, 2.05) is 6.07 Å². The van der Waals surface area contributed by atoms with Crippen molar-refractivity contribution in [3.63, 3.8) is 0 Å². The Bertz CT molecular complexity index is 474. The topological polar surface area (TPSA) is 60.0 Å². The molecule has 0 unspecified atom stereocenters. The van der Waals surface area contributed by atoms with Crippen LogP contribution in [0.4, 0.5) is 0 Å². The summed E-state index contributed by atoms with van der Waals surface area (Å²) in [5, 5.41) is 7.23. The molecule has 5 nitrogen and oxygen atoms in total. The van der Waals surface area contributed by atoms with Crippen molar-refractivity contribution in [1.29, 1.82) is 0 Å². The third kappa shape index (κ3) is 3.18. The molecule has 0 saturated carbocycles. The Balaban J connectivity index is 2.18. The van der Waals surface area contributed by atoms with Gasteiger partial charge in [0.05, 0.1) is 6.61 Å². The maximum Gasteiger partial charge on any atom is 0.181 e. The van der Waals surface area contributed by atoms with Crippen molar-refractivity contribution in [2.45, 2.75) is 0 Å². The summed E-state index contributed by atoms with van der Waals surface area (Å²) in [6, 6.07) is 5.37. The molecule has 0 atom stereocenters. The molecule has 6 heteroatoms. The van der Waals surface area contributed by atoms with Crippen molar-refractivity contribution < 1.29 is 9.47 Å². The fourth-order valence-electron chi connectivity index (χ4n) is 1.37. The van der Waals surface area contributed by atoms with Crippen molar-refractivity contribution in [3.05, 3.63) is 29.5 Å². The molecule has 0 amide bonds. The molecule has 0 bridgehead atoms. The average molecular weight is 254 g/mol. The number of benzene rings is 1. The van der Waals surface area contributed by atoms with Gasteiger partial charge in [-0.25, -0.2) is 4.98 Å². The van der Waals surface area contributed by atoms with E-state index in [4.69, 9.17) is 21.1 Å². The molecule has 1 N–H and O–H groups in total. The van der Waals surface area contributed by atoms with E-state index in [0.29, 0.717) is 29.8 Å². The standard InChI is InChI=1S/C11H12ClN3O2/c1-16-2-3-17-10-5-8(4-9(12)6-10)11-13-7-14-15-11/h4-7H,2-3H2,1H3,(H,13,14,15). The monoisotopic (exact) mass is 253 g/mol. The Kier molecular flexibility index (Phi) is 3.95. The molecular formula is C11H12ClN3O2. The molecule has 0 radical (unpaired) electrons. The molecule has 0 saturated heterocycles. The molecular weight excluding hydrogens is 242 g/mol. The summed E-state index contributed by atoms with van der Waals surface area (Å²) >= 11 is 6.00. The molecule has 90 valence electrons. The van der Waals surface area contributed by atoms with Crippen LogP contribution in [-0.2, 0) is 4.74 Å². The van der Waals surface area contributed by atoms with Gasteiger partial charge in [0, 0.05) is 17.7 Å². The fraction of sp³-hybridized carbons (Fsp3) is 0.273. The molecule has 1 aromatic carbocycles. The molecule has 2 aromatic rings. The van der Waals surface area contributed by atoms with E-state index in [9.17, 15) is 0 Å². The molecule has 1 heterocycles. The first-order valence-electron chi connectivity index (χ1n) is 5.08. The SMILES string of the molecule is COCCOc1cc(Cl)cc(-c2nc[nH]n2)c1. The van der Waals surface area contributed by atoms with Gasteiger partial charge in [0.15, 0.2) is 5.82 Å². The highest BCUT2D eigenvalue weighted by atomic mass is 35.5. The highest BCUT2D eigenvalue weighted by molar-refractivity contribution is 6.31. The molecule has 17 heavy (non-hydrogen) atoms. The second-order valence-electron chi connectivity index (χ2n) is 3.34. The smallest absolute Gasteiger partial charge is 0.181 e. The number of rotatable bonds is 5. The zero-order valence-electron chi connectivity index (χ0n) is 9.31. The Hall–Kier alpha value is -1.59.